The lowest BCUT2D eigenvalue weighted by molar-refractivity contribution is -0.197. The predicted octanol–water partition coefficient (Wildman–Crippen LogP) is 2.06. The lowest BCUT2D eigenvalue weighted by Gasteiger charge is -2.40. The fourth-order valence-corrected chi connectivity index (χ4v) is 3.57. The van der Waals surface area contributed by atoms with Crippen molar-refractivity contribution in [1.82, 2.24) is 0 Å². The van der Waals surface area contributed by atoms with Gasteiger partial charge in [-0.15, -0.1) is 0 Å². The van der Waals surface area contributed by atoms with Crippen molar-refractivity contribution in [2.24, 2.45) is 17.8 Å². The highest BCUT2D eigenvalue weighted by Gasteiger charge is 2.56. The molecule has 0 bridgehead atoms. The van der Waals surface area contributed by atoms with Gasteiger partial charge in [0.1, 0.15) is 6.10 Å². The van der Waals surface area contributed by atoms with E-state index in [4.69, 9.17) is 14.2 Å². The summed E-state index contributed by atoms with van der Waals surface area (Å²) in [5.74, 6) is -4.67. The highest BCUT2D eigenvalue weighted by molar-refractivity contribution is 5.98. The SMILES string of the molecule is C=C(C)C(=O)O[C@H]1[C@H]2C(=C)C(=O)O[C@@H]2C[C@@H](C)C=CC(=O)C(C)(O)[C@@H]1OC(=O)C(C)C. The second-order valence-corrected chi connectivity index (χ2v) is 8.74. The van der Waals surface area contributed by atoms with Crippen LogP contribution in [0.15, 0.2) is 36.5 Å². The summed E-state index contributed by atoms with van der Waals surface area (Å²) in [5, 5.41) is 11.2. The van der Waals surface area contributed by atoms with E-state index in [0.29, 0.717) is 6.42 Å². The minimum absolute atomic E-state index is 0.00936. The van der Waals surface area contributed by atoms with Crippen LogP contribution >= 0.6 is 0 Å². The van der Waals surface area contributed by atoms with E-state index >= 15 is 0 Å². The molecule has 8 nitrogen and oxygen atoms in total. The molecule has 0 aromatic carbocycles. The monoisotopic (exact) mass is 434 g/mol. The van der Waals surface area contributed by atoms with Crippen LogP contribution in [0.4, 0.5) is 0 Å². The Morgan fingerprint density at radius 3 is 2.45 bits per heavy atom. The summed E-state index contributed by atoms with van der Waals surface area (Å²) in [5.41, 5.74) is -2.19. The van der Waals surface area contributed by atoms with Crippen molar-refractivity contribution < 1.29 is 38.5 Å². The molecule has 31 heavy (non-hydrogen) atoms. The van der Waals surface area contributed by atoms with Crippen molar-refractivity contribution in [1.29, 1.82) is 0 Å². The molecule has 1 aliphatic carbocycles. The third-order valence-corrected chi connectivity index (χ3v) is 5.52. The van der Waals surface area contributed by atoms with Crippen LogP contribution in [-0.4, -0.2) is 52.7 Å². The number of carbonyl (C=O) groups excluding carboxylic acids is 4. The minimum atomic E-state index is -2.26. The molecule has 2 aliphatic rings. The average molecular weight is 434 g/mol. The predicted molar refractivity (Wildman–Crippen MR) is 110 cm³/mol. The smallest absolute Gasteiger partial charge is 0.334 e. The van der Waals surface area contributed by atoms with Crippen LogP contribution in [0.3, 0.4) is 0 Å². The Morgan fingerprint density at radius 1 is 1.29 bits per heavy atom. The van der Waals surface area contributed by atoms with Gasteiger partial charge in [0.05, 0.1) is 11.8 Å². The number of ketones is 1. The van der Waals surface area contributed by atoms with Crippen LogP contribution in [0.25, 0.3) is 0 Å². The van der Waals surface area contributed by atoms with E-state index in [-0.39, 0.29) is 17.1 Å². The number of ether oxygens (including phenoxy) is 3. The Hall–Kier alpha value is -2.74. The molecule has 1 unspecified atom stereocenters. The van der Waals surface area contributed by atoms with Crippen molar-refractivity contribution in [3.8, 4) is 0 Å². The van der Waals surface area contributed by atoms with Crippen LogP contribution in [0.1, 0.15) is 41.0 Å². The third-order valence-electron chi connectivity index (χ3n) is 5.52. The van der Waals surface area contributed by atoms with Gasteiger partial charge in [0, 0.05) is 11.1 Å². The highest BCUT2D eigenvalue weighted by atomic mass is 16.6. The zero-order chi connectivity index (χ0) is 23.7. The van der Waals surface area contributed by atoms with E-state index in [9.17, 15) is 24.3 Å². The number of rotatable bonds is 4. The maximum absolute atomic E-state index is 12.9. The van der Waals surface area contributed by atoms with E-state index < -0.39 is 59.4 Å². The van der Waals surface area contributed by atoms with Gasteiger partial charge in [-0.2, -0.15) is 0 Å². The lowest BCUT2D eigenvalue weighted by atomic mass is 9.77. The Kier molecular flexibility index (Phi) is 7.26. The Labute approximate surface area is 181 Å². The van der Waals surface area contributed by atoms with Gasteiger partial charge in [0.15, 0.2) is 23.6 Å². The quantitative estimate of drug-likeness (QED) is 0.406. The molecule has 6 atom stereocenters. The van der Waals surface area contributed by atoms with Crippen LogP contribution in [0.2, 0.25) is 0 Å². The van der Waals surface area contributed by atoms with Gasteiger partial charge in [-0.1, -0.05) is 40.0 Å². The molecule has 0 spiro atoms. The van der Waals surface area contributed by atoms with Crippen LogP contribution < -0.4 is 0 Å². The van der Waals surface area contributed by atoms with Gasteiger partial charge in [0.2, 0.25) is 0 Å². The first kappa shape index (κ1) is 24.5. The molecule has 1 saturated heterocycles. The van der Waals surface area contributed by atoms with E-state index in [1.165, 1.54) is 19.9 Å². The fraction of sp³-hybridized carbons (Fsp3) is 0.565. The van der Waals surface area contributed by atoms with Crippen molar-refractivity contribution >= 4 is 23.7 Å². The van der Waals surface area contributed by atoms with Gasteiger partial charge >= 0.3 is 17.9 Å². The van der Waals surface area contributed by atoms with Gasteiger partial charge in [-0.05, 0) is 32.3 Å². The minimum Gasteiger partial charge on any atom is -0.458 e. The summed E-state index contributed by atoms with van der Waals surface area (Å²) >= 11 is 0. The normalized spacial score (nSPS) is 33.5. The third kappa shape index (κ3) is 5.12. The first-order valence-electron chi connectivity index (χ1n) is 10.2. The molecular formula is C23H30O8. The lowest BCUT2D eigenvalue weighted by Crippen LogP contribution is -2.58. The molecule has 1 N–H and O–H groups in total. The summed E-state index contributed by atoms with van der Waals surface area (Å²) in [4.78, 5) is 50.1. The molecule has 8 heteroatoms. The topological polar surface area (TPSA) is 116 Å². The maximum Gasteiger partial charge on any atom is 0.334 e. The van der Waals surface area contributed by atoms with E-state index in [0.717, 1.165) is 0 Å². The van der Waals surface area contributed by atoms with Crippen molar-refractivity contribution in [3.63, 3.8) is 0 Å². The van der Waals surface area contributed by atoms with E-state index in [2.05, 4.69) is 13.2 Å². The highest BCUT2D eigenvalue weighted by Crippen LogP contribution is 2.40. The molecular weight excluding hydrogens is 404 g/mol. The second-order valence-electron chi connectivity index (χ2n) is 8.74. The standard InChI is InChI=1S/C23H30O8/c1-11(2)20(25)30-18-17-14(6)22(27)29-15(17)10-13(5)8-9-16(24)23(7,28)19(18)31-21(26)12(3)4/h8-9,12-13,15,17-19,28H,1,6,10H2,2-5,7H3/t13-,15+,17-,18-,19+,23?/m0/s1. The number of allylic oxidation sites excluding steroid dienone is 1. The first-order valence-corrected chi connectivity index (χ1v) is 10.2. The summed E-state index contributed by atoms with van der Waals surface area (Å²) in [7, 11) is 0. The summed E-state index contributed by atoms with van der Waals surface area (Å²) in [6, 6.07) is 0. The van der Waals surface area contributed by atoms with Crippen molar-refractivity contribution in [2.45, 2.75) is 65.0 Å². The van der Waals surface area contributed by atoms with Gasteiger partial charge < -0.3 is 19.3 Å². The van der Waals surface area contributed by atoms with Crippen LogP contribution in [0, 0.1) is 17.8 Å². The van der Waals surface area contributed by atoms with Crippen LogP contribution in [-0.2, 0) is 33.4 Å². The van der Waals surface area contributed by atoms with Crippen molar-refractivity contribution in [2.75, 3.05) is 0 Å². The maximum atomic E-state index is 12.9. The van der Waals surface area contributed by atoms with Gasteiger partial charge in [0.25, 0.3) is 0 Å². The molecule has 0 amide bonds. The van der Waals surface area contributed by atoms with E-state index in [1.54, 1.807) is 19.9 Å². The second kappa shape index (κ2) is 9.18. The number of hydrogen-bond acceptors (Lipinski definition) is 8. The van der Waals surface area contributed by atoms with Crippen molar-refractivity contribution in [3.05, 3.63) is 36.5 Å². The largest absolute Gasteiger partial charge is 0.458 e. The first-order chi connectivity index (χ1) is 14.3. The summed E-state index contributed by atoms with van der Waals surface area (Å²) in [6.45, 7) is 14.9. The van der Waals surface area contributed by atoms with Crippen LogP contribution in [0.5, 0.6) is 0 Å². The summed E-state index contributed by atoms with van der Waals surface area (Å²) < 4.78 is 16.6. The molecule has 0 aromatic heterocycles. The molecule has 1 fully saturated rings. The molecule has 0 radical (unpaired) electrons. The van der Waals surface area contributed by atoms with Gasteiger partial charge in [-0.3, -0.25) is 9.59 Å². The molecule has 1 heterocycles. The Bertz CT molecular complexity index is 835. The molecule has 2 rings (SSSR count). The zero-order valence-electron chi connectivity index (χ0n) is 18.5. The van der Waals surface area contributed by atoms with E-state index in [1.807, 2.05) is 6.92 Å². The molecule has 0 saturated carbocycles. The number of aliphatic hydroxyl groups is 1. The Balaban J connectivity index is 2.69. The van der Waals surface area contributed by atoms with Gasteiger partial charge in [-0.25, -0.2) is 9.59 Å². The number of hydrogen-bond donors (Lipinski definition) is 1. The average Bonchev–Trinajstić information content (AvgIpc) is 2.94. The molecule has 0 aromatic rings. The summed E-state index contributed by atoms with van der Waals surface area (Å²) in [6.07, 6.45) is -0.683. The fourth-order valence-electron chi connectivity index (χ4n) is 3.57. The number of fused-ring (bicyclic) bond motifs is 1. The number of carbonyl (C=O) groups is 4. The molecule has 1 aliphatic heterocycles. The molecule has 170 valence electrons. The zero-order valence-corrected chi connectivity index (χ0v) is 18.5. The Morgan fingerprint density at radius 2 is 1.90 bits per heavy atom. The number of esters is 3.